The van der Waals surface area contributed by atoms with Crippen molar-refractivity contribution in [3.05, 3.63) is 188 Å². The lowest BCUT2D eigenvalue weighted by atomic mass is 9.86. The van der Waals surface area contributed by atoms with Gasteiger partial charge in [0.1, 0.15) is 76.8 Å². The molecule has 0 aromatic carbocycles. The zero-order valence-electron chi connectivity index (χ0n) is 74.8. The number of nitriles is 4. The van der Waals surface area contributed by atoms with Crippen LogP contribution in [0.1, 0.15) is 94.4 Å². The first-order valence-electron chi connectivity index (χ1n) is 44.4. The summed E-state index contributed by atoms with van der Waals surface area (Å²) in [5.74, 6) is 15.6. The number of amides is 4. The van der Waals surface area contributed by atoms with Crippen molar-refractivity contribution in [2.75, 3.05) is 144 Å². The van der Waals surface area contributed by atoms with Gasteiger partial charge in [-0.3, -0.25) is 19.2 Å². The SMILES string of the molecule is C#CC(=O)N1CCN(c2ccc(-c3cc(OCC(C)CC)cn4ncc(C#N)c34)cn2)CC1.C#CC(=O)N1CCN(c2ccc(-c3cc(OCC(CC)CC)cn4ncc(C#N)c34)cn2)CC1.C#CC(=O)N1CCN(c2ccc(-c3cc(OCC4CCC4)cn4ncc(C#N)c34)cn2)CC1.C#CC(=O)N1CCN(c2ccc(-c3cc(OCc4ncco4)cn4ncc(C#N)c34)cn2)CC1. The summed E-state index contributed by atoms with van der Waals surface area (Å²) in [5.41, 5.74) is 11.6. The summed E-state index contributed by atoms with van der Waals surface area (Å²) in [5, 5.41) is 55.7. The van der Waals surface area contributed by atoms with Crippen molar-refractivity contribution >= 4 is 69.0 Å². The summed E-state index contributed by atoms with van der Waals surface area (Å²) in [6, 6.07) is 32.3. The third kappa shape index (κ3) is 21.1. The lowest BCUT2D eigenvalue weighted by Gasteiger charge is -2.34. The first-order valence-corrected chi connectivity index (χ1v) is 44.4. The van der Waals surface area contributed by atoms with Crippen molar-refractivity contribution in [2.45, 2.75) is 72.8 Å². The average molecular weight is 1790 g/mol. The second-order valence-corrected chi connectivity index (χ2v) is 32.7. The molecule has 0 bridgehead atoms. The molecule has 4 amide bonds. The quantitative estimate of drug-likeness (QED) is 0.0537. The highest BCUT2D eigenvalue weighted by Gasteiger charge is 2.29. The number of oxazole rings is 1. The van der Waals surface area contributed by atoms with Gasteiger partial charge in [0.05, 0.1) is 120 Å². The summed E-state index contributed by atoms with van der Waals surface area (Å²) < 4.78 is 36.0. The maximum Gasteiger partial charge on any atom is 0.298 e. The number of hydrogen-bond acceptors (Lipinski definition) is 26. The van der Waals surface area contributed by atoms with E-state index in [0.717, 1.165) is 109 Å². The van der Waals surface area contributed by atoms with Crippen LogP contribution >= 0.6 is 0 Å². The Labute approximate surface area is 775 Å². The largest absolute Gasteiger partial charge is 0.492 e. The summed E-state index contributed by atoms with van der Waals surface area (Å²) in [7, 11) is 0. The molecule has 4 saturated heterocycles. The van der Waals surface area contributed by atoms with Crippen LogP contribution in [0.5, 0.6) is 23.0 Å². The third-order valence-electron chi connectivity index (χ3n) is 24.5. The fourth-order valence-corrected chi connectivity index (χ4v) is 16.2. The predicted molar refractivity (Wildman–Crippen MR) is 501 cm³/mol. The topological polar surface area (TPSA) is 373 Å². The van der Waals surface area contributed by atoms with Gasteiger partial charge in [-0.15, -0.1) is 25.7 Å². The summed E-state index contributed by atoms with van der Waals surface area (Å²) in [4.78, 5) is 84.7. The molecule has 5 fully saturated rings. The van der Waals surface area contributed by atoms with E-state index in [1.165, 1.54) is 31.7 Å². The summed E-state index contributed by atoms with van der Waals surface area (Å²) >= 11 is 0. The standard InChI is InChI=1S/C26H28N6O2.C25H24N6O2.C25H26N6O2.C24H19N7O3/c1-4-19(5-2)18-34-22-13-23(26-21(14-27)16-29-32(26)17-22)20-7-8-24(28-15-20)30-9-11-31(12-10-30)25(33)6-3;1-2-24(32)30-10-8-29(9-11-30)23-7-6-19(14-27-23)22-12-21(33-17-18-4-3-5-18)16-31-25(22)20(13-26)15-28-31;1-4-18(3)17-33-21-12-22(25-20(13-26)15-28-31(25)16-21)19-6-7-23(27-14-19)29-8-10-30(11-9-29)24(32)5-2;1-2-23(32)30-8-6-29(7-9-30)21-4-3-17(13-27-21)20-11-19(34-16-22-26-5-10-33-22)15-31-24(20)18(12-25)14-28-31/h3,7-8,13,15-17,19H,4-5,9-12,18H2,1-2H3;1,6-7,12,14-16,18H,3-5,8-11,17H2;2,6-7,12,14-16,18H,4,8-11,17H2,1,3H3;1,3-5,10-11,13-15H,6-9,16H2. The first kappa shape index (κ1) is 91.8. The van der Waals surface area contributed by atoms with E-state index in [1.807, 2.05) is 97.6 Å². The predicted octanol–water partition coefficient (Wildman–Crippen LogP) is 11.2. The molecule has 34 nitrogen and oxygen atoms in total. The number of fused-ring (bicyclic) bond motifs is 4. The molecule has 134 heavy (non-hydrogen) atoms. The number of aromatic nitrogens is 13. The average Bonchev–Trinajstić information content (AvgIpc) is 1.61. The minimum Gasteiger partial charge on any atom is -0.492 e. The molecule has 4 aliphatic heterocycles. The fraction of sp³-hybridized carbons (Fsp3) is 0.330. The Balaban J connectivity index is 0.000000136. The maximum absolute atomic E-state index is 11.7. The van der Waals surface area contributed by atoms with Crippen LogP contribution in [0, 0.1) is 112 Å². The van der Waals surface area contributed by atoms with E-state index >= 15 is 0 Å². The van der Waals surface area contributed by atoms with Gasteiger partial charge in [-0.2, -0.15) is 41.4 Å². The van der Waals surface area contributed by atoms with Crippen LogP contribution in [0.4, 0.5) is 23.3 Å². The molecule has 13 aromatic heterocycles. The third-order valence-corrected chi connectivity index (χ3v) is 24.5. The summed E-state index contributed by atoms with van der Waals surface area (Å²) in [6.07, 6.45) is 51.4. The van der Waals surface area contributed by atoms with Crippen molar-refractivity contribution in [3.8, 4) is 141 Å². The number of pyridine rings is 8. The normalized spacial score (nSPS) is 14.5. The number of ether oxygens (including phenoxy) is 4. The lowest BCUT2D eigenvalue weighted by Crippen LogP contribution is -2.48. The van der Waals surface area contributed by atoms with Gasteiger partial charge in [0.15, 0.2) is 6.61 Å². The Kier molecular flexibility index (Phi) is 29.4. The number of hydrogen-bond donors (Lipinski definition) is 0. The van der Waals surface area contributed by atoms with Crippen LogP contribution in [0.2, 0.25) is 0 Å². The molecule has 34 heteroatoms. The summed E-state index contributed by atoms with van der Waals surface area (Å²) in [6.45, 7) is 20.6. The first-order chi connectivity index (χ1) is 65.4. The molecule has 1 atom stereocenters. The van der Waals surface area contributed by atoms with Gasteiger partial charge >= 0.3 is 0 Å². The van der Waals surface area contributed by atoms with Crippen LogP contribution < -0.4 is 38.5 Å². The molecule has 5 aliphatic rings. The molecule has 13 aromatic rings. The second-order valence-electron chi connectivity index (χ2n) is 32.7. The molecule has 0 N–H and O–H groups in total. The van der Waals surface area contributed by atoms with Crippen LogP contribution in [0.15, 0.2) is 164 Å². The van der Waals surface area contributed by atoms with E-state index in [-0.39, 0.29) is 30.2 Å². The van der Waals surface area contributed by atoms with Gasteiger partial charge in [0.25, 0.3) is 23.6 Å². The minimum atomic E-state index is -0.286. The van der Waals surface area contributed by atoms with Crippen LogP contribution in [0.25, 0.3) is 66.6 Å². The smallest absolute Gasteiger partial charge is 0.298 e. The van der Waals surface area contributed by atoms with E-state index in [2.05, 4.69) is 141 Å². The van der Waals surface area contributed by atoms with Gasteiger partial charge in [-0.1, -0.05) is 53.4 Å². The van der Waals surface area contributed by atoms with E-state index in [9.17, 15) is 40.2 Å². The molecule has 0 radical (unpaired) electrons. The zero-order valence-corrected chi connectivity index (χ0v) is 74.8. The number of piperazine rings is 4. The van der Waals surface area contributed by atoms with Crippen molar-refractivity contribution in [2.24, 2.45) is 17.8 Å². The van der Waals surface area contributed by atoms with E-state index in [1.54, 1.807) is 87.2 Å². The highest BCUT2D eigenvalue weighted by Crippen LogP contribution is 2.38. The highest BCUT2D eigenvalue weighted by atomic mass is 16.5. The van der Waals surface area contributed by atoms with Crippen molar-refractivity contribution < 1.29 is 42.5 Å². The van der Waals surface area contributed by atoms with Gasteiger partial charge in [-0.25, -0.2) is 43.0 Å². The molecule has 1 unspecified atom stereocenters. The Morgan fingerprint density at radius 3 is 0.963 bits per heavy atom. The van der Waals surface area contributed by atoms with E-state index < -0.39 is 0 Å². The highest BCUT2D eigenvalue weighted by molar-refractivity contribution is 5.95. The number of carbonyl (C=O) groups excluding carboxylic acids is 4. The molecule has 18 rings (SSSR count). The van der Waals surface area contributed by atoms with Gasteiger partial charge in [0, 0.05) is 174 Å². The van der Waals surface area contributed by atoms with Crippen LogP contribution in [-0.2, 0) is 25.8 Å². The van der Waals surface area contributed by atoms with Crippen molar-refractivity contribution in [1.29, 1.82) is 21.0 Å². The Morgan fingerprint density at radius 2 is 0.709 bits per heavy atom. The van der Waals surface area contributed by atoms with Gasteiger partial charge < -0.3 is 62.6 Å². The lowest BCUT2D eigenvalue weighted by molar-refractivity contribution is -0.126. The molecule has 1 aliphatic carbocycles. The fourth-order valence-electron chi connectivity index (χ4n) is 16.2. The zero-order chi connectivity index (χ0) is 93.7. The molecular formula is C100H97N25O9. The number of rotatable bonds is 23. The Morgan fingerprint density at radius 1 is 0.403 bits per heavy atom. The number of anilines is 4. The maximum atomic E-state index is 11.7. The monoisotopic (exact) mass is 1790 g/mol. The van der Waals surface area contributed by atoms with E-state index in [0.29, 0.717) is 193 Å². The van der Waals surface area contributed by atoms with Gasteiger partial charge in [-0.05, 0) is 127 Å². The molecular weight excluding hydrogens is 1700 g/mol. The van der Waals surface area contributed by atoms with E-state index in [4.69, 9.17) is 49.1 Å². The minimum absolute atomic E-state index is 0.162. The Bertz CT molecular complexity index is 6560. The van der Waals surface area contributed by atoms with Crippen molar-refractivity contribution in [1.82, 2.24) is 83.0 Å². The molecule has 17 heterocycles. The number of terminal acetylenes is 4. The molecule has 0 spiro atoms. The molecule has 676 valence electrons. The van der Waals surface area contributed by atoms with Gasteiger partial charge in [0.2, 0.25) is 5.89 Å². The van der Waals surface area contributed by atoms with Crippen LogP contribution in [0.3, 0.4) is 0 Å². The molecule has 1 saturated carbocycles. The van der Waals surface area contributed by atoms with Crippen LogP contribution in [-0.4, -0.2) is 231 Å². The number of carbonyl (C=O) groups is 4. The Hall–Kier alpha value is -17.0. The van der Waals surface area contributed by atoms with Crippen molar-refractivity contribution in [3.63, 3.8) is 0 Å². The second kappa shape index (κ2) is 43.0. The number of nitrogens with zero attached hydrogens (tertiary/aromatic N) is 25.